The number of rotatable bonds is 7. The van der Waals surface area contributed by atoms with Crippen LogP contribution < -0.4 is 10.0 Å². The van der Waals surface area contributed by atoms with Crippen molar-refractivity contribution in [1.29, 1.82) is 0 Å². The van der Waals surface area contributed by atoms with E-state index in [1.54, 1.807) is 30.3 Å². The van der Waals surface area contributed by atoms with Crippen molar-refractivity contribution in [3.05, 3.63) is 52.4 Å². The van der Waals surface area contributed by atoms with Crippen molar-refractivity contribution in [2.24, 2.45) is 0 Å². The van der Waals surface area contributed by atoms with Gasteiger partial charge in [0.15, 0.2) is 0 Å². The first kappa shape index (κ1) is 17.7. The lowest BCUT2D eigenvalue weighted by atomic mass is 10.1. The van der Waals surface area contributed by atoms with Crippen molar-refractivity contribution in [2.45, 2.75) is 31.0 Å². The summed E-state index contributed by atoms with van der Waals surface area (Å²) in [5.74, 6) is -0.164. The minimum Gasteiger partial charge on any atom is -0.352 e. The highest BCUT2D eigenvalue weighted by Gasteiger charge is 2.16. The van der Waals surface area contributed by atoms with Crippen molar-refractivity contribution >= 4 is 27.3 Å². The average molecular weight is 352 g/mol. The number of amides is 1. The van der Waals surface area contributed by atoms with E-state index in [-0.39, 0.29) is 12.5 Å². The molecule has 23 heavy (non-hydrogen) atoms. The quantitative estimate of drug-likeness (QED) is 0.804. The molecule has 0 fully saturated rings. The zero-order valence-electron chi connectivity index (χ0n) is 13.1. The van der Waals surface area contributed by atoms with E-state index in [0.717, 1.165) is 16.9 Å². The minimum atomic E-state index is -3.52. The molecule has 1 amide bonds. The van der Waals surface area contributed by atoms with Crippen LogP contribution in [0.2, 0.25) is 0 Å². The van der Waals surface area contributed by atoms with Gasteiger partial charge in [0, 0.05) is 23.5 Å². The van der Waals surface area contributed by atoms with E-state index < -0.39 is 10.0 Å². The van der Waals surface area contributed by atoms with Gasteiger partial charge in [0.2, 0.25) is 10.0 Å². The lowest BCUT2D eigenvalue weighted by molar-refractivity contribution is 0.0955. The first-order valence-electron chi connectivity index (χ1n) is 7.41. The molecule has 0 saturated heterocycles. The zero-order valence-corrected chi connectivity index (χ0v) is 14.8. The molecule has 7 heteroatoms. The van der Waals surface area contributed by atoms with Gasteiger partial charge in [-0.15, -0.1) is 11.3 Å². The minimum absolute atomic E-state index is 0.148. The Labute approximate surface area is 140 Å². The van der Waals surface area contributed by atoms with E-state index in [1.165, 1.54) is 11.3 Å². The molecule has 0 aliphatic heterocycles. The third kappa shape index (κ3) is 4.63. The summed E-state index contributed by atoms with van der Waals surface area (Å²) in [6.45, 7) is 4.53. The number of carbonyl (C=O) groups excluding carboxylic acids is 1. The van der Waals surface area contributed by atoms with E-state index >= 15 is 0 Å². The summed E-state index contributed by atoms with van der Waals surface area (Å²) in [4.78, 5) is 12.8. The SMILES string of the molecule is CCNC(=O)c1cccc(CNS(=O)(=O)c2ccc(CC)s2)c1. The predicted molar refractivity (Wildman–Crippen MR) is 92.2 cm³/mol. The fourth-order valence-corrected chi connectivity index (χ4v) is 4.39. The van der Waals surface area contributed by atoms with Gasteiger partial charge in [-0.25, -0.2) is 13.1 Å². The molecule has 2 rings (SSSR count). The van der Waals surface area contributed by atoms with Gasteiger partial charge in [0.1, 0.15) is 4.21 Å². The van der Waals surface area contributed by atoms with Crippen LogP contribution in [0.15, 0.2) is 40.6 Å². The Hall–Kier alpha value is -1.70. The van der Waals surface area contributed by atoms with Crippen molar-refractivity contribution in [2.75, 3.05) is 6.54 Å². The van der Waals surface area contributed by atoms with Gasteiger partial charge in [-0.1, -0.05) is 19.1 Å². The molecular formula is C16H20N2O3S2. The molecule has 0 spiro atoms. The van der Waals surface area contributed by atoms with Crippen molar-refractivity contribution in [3.8, 4) is 0 Å². The van der Waals surface area contributed by atoms with Crippen LogP contribution in [-0.2, 0) is 23.0 Å². The van der Waals surface area contributed by atoms with Crippen LogP contribution in [0.3, 0.4) is 0 Å². The number of carbonyl (C=O) groups is 1. The van der Waals surface area contributed by atoms with Crippen LogP contribution >= 0.6 is 11.3 Å². The lowest BCUT2D eigenvalue weighted by Gasteiger charge is -2.07. The van der Waals surface area contributed by atoms with Gasteiger partial charge in [0.05, 0.1) is 0 Å². The normalized spacial score (nSPS) is 11.4. The maximum atomic E-state index is 12.3. The molecular weight excluding hydrogens is 332 g/mol. The number of hydrogen-bond donors (Lipinski definition) is 2. The van der Waals surface area contributed by atoms with Crippen molar-refractivity contribution < 1.29 is 13.2 Å². The Morgan fingerprint density at radius 3 is 2.61 bits per heavy atom. The van der Waals surface area contributed by atoms with Gasteiger partial charge in [0.25, 0.3) is 5.91 Å². The third-order valence-electron chi connectivity index (χ3n) is 3.24. The Kier molecular flexibility index (Phi) is 5.92. The number of benzene rings is 1. The highest BCUT2D eigenvalue weighted by molar-refractivity contribution is 7.91. The summed E-state index contributed by atoms with van der Waals surface area (Å²) in [7, 11) is -3.52. The molecule has 0 atom stereocenters. The zero-order chi connectivity index (χ0) is 16.9. The maximum Gasteiger partial charge on any atom is 0.251 e. The van der Waals surface area contributed by atoms with Crippen LogP contribution in [0.4, 0.5) is 0 Å². The predicted octanol–water partition coefficient (Wildman–Crippen LogP) is 2.54. The summed E-state index contributed by atoms with van der Waals surface area (Å²) in [5, 5.41) is 2.72. The second-order valence-corrected chi connectivity index (χ2v) is 8.12. The highest BCUT2D eigenvalue weighted by Crippen LogP contribution is 2.22. The smallest absolute Gasteiger partial charge is 0.251 e. The number of hydrogen-bond acceptors (Lipinski definition) is 4. The Morgan fingerprint density at radius 1 is 1.17 bits per heavy atom. The molecule has 2 N–H and O–H groups in total. The molecule has 124 valence electrons. The molecule has 5 nitrogen and oxygen atoms in total. The topological polar surface area (TPSA) is 75.3 Å². The van der Waals surface area contributed by atoms with Crippen LogP contribution in [0.25, 0.3) is 0 Å². The molecule has 1 aromatic heterocycles. The molecule has 0 saturated carbocycles. The van der Waals surface area contributed by atoms with Crippen molar-refractivity contribution in [1.82, 2.24) is 10.0 Å². The summed E-state index contributed by atoms with van der Waals surface area (Å²) in [6, 6.07) is 10.4. The van der Waals surface area contributed by atoms with E-state index in [4.69, 9.17) is 0 Å². The number of aryl methyl sites for hydroxylation is 1. The second-order valence-electron chi connectivity index (χ2n) is 4.96. The molecule has 0 radical (unpaired) electrons. The van der Waals surface area contributed by atoms with Gasteiger partial charge in [-0.3, -0.25) is 4.79 Å². The Bertz CT molecular complexity index is 782. The fraction of sp³-hybridized carbons (Fsp3) is 0.312. The van der Waals surface area contributed by atoms with Crippen LogP contribution in [0.5, 0.6) is 0 Å². The van der Waals surface area contributed by atoms with E-state index in [1.807, 2.05) is 19.9 Å². The standard InChI is InChI=1S/C16H20N2O3S2/c1-3-14-8-9-15(22-14)23(20,21)18-11-12-6-5-7-13(10-12)16(19)17-4-2/h5-10,18H,3-4,11H2,1-2H3,(H,17,19). The summed E-state index contributed by atoms with van der Waals surface area (Å²) in [6.07, 6.45) is 0.814. The maximum absolute atomic E-state index is 12.3. The fourth-order valence-electron chi connectivity index (χ4n) is 2.03. The Balaban J connectivity index is 2.08. The number of nitrogens with one attached hydrogen (secondary N) is 2. The molecule has 0 aliphatic rings. The van der Waals surface area contributed by atoms with E-state index in [9.17, 15) is 13.2 Å². The van der Waals surface area contributed by atoms with Crippen LogP contribution in [0.1, 0.15) is 34.6 Å². The third-order valence-corrected chi connectivity index (χ3v) is 6.37. The van der Waals surface area contributed by atoms with Gasteiger partial charge in [-0.05, 0) is 43.2 Å². The molecule has 0 unspecified atom stereocenters. The first-order valence-corrected chi connectivity index (χ1v) is 9.71. The largest absolute Gasteiger partial charge is 0.352 e. The lowest BCUT2D eigenvalue weighted by Crippen LogP contribution is -2.24. The molecule has 0 bridgehead atoms. The van der Waals surface area contributed by atoms with Crippen molar-refractivity contribution in [3.63, 3.8) is 0 Å². The van der Waals surface area contributed by atoms with Gasteiger partial charge in [-0.2, -0.15) is 0 Å². The molecule has 1 heterocycles. The monoisotopic (exact) mass is 352 g/mol. The van der Waals surface area contributed by atoms with E-state index in [0.29, 0.717) is 16.3 Å². The second kappa shape index (κ2) is 7.72. The summed E-state index contributed by atoms with van der Waals surface area (Å²) >= 11 is 1.28. The molecule has 2 aromatic rings. The summed E-state index contributed by atoms with van der Waals surface area (Å²) < 4.78 is 27.4. The van der Waals surface area contributed by atoms with E-state index in [2.05, 4.69) is 10.0 Å². The number of thiophene rings is 1. The molecule has 1 aromatic carbocycles. The average Bonchev–Trinajstić information content (AvgIpc) is 3.04. The summed E-state index contributed by atoms with van der Waals surface area (Å²) in [5.41, 5.74) is 1.26. The van der Waals surface area contributed by atoms with Gasteiger partial charge < -0.3 is 5.32 Å². The Morgan fingerprint density at radius 2 is 1.96 bits per heavy atom. The highest BCUT2D eigenvalue weighted by atomic mass is 32.2. The van der Waals surface area contributed by atoms with Crippen LogP contribution in [0, 0.1) is 0 Å². The van der Waals surface area contributed by atoms with Gasteiger partial charge >= 0.3 is 0 Å². The molecule has 0 aliphatic carbocycles. The van der Waals surface area contributed by atoms with Crippen LogP contribution in [-0.4, -0.2) is 20.9 Å². The number of sulfonamides is 1. The first-order chi connectivity index (χ1) is 11.0.